The Balaban J connectivity index is 2.34. The fourth-order valence-corrected chi connectivity index (χ4v) is 3.87. The van der Waals surface area contributed by atoms with Crippen LogP contribution in [0.15, 0.2) is 23.1 Å². The zero-order valence-corrected chi connectivity index (χ0v) is 11.3. The summed E-state index contributed by atoms with van der Waals surface area (Å²) in [7, 11) is -3.64. The Morgan fingerprint density at radius 2 is 2.06 bits per heavy atom. The monoisotopic (exact) mass is 292 g/mol. The molecule has 1 aliphatic rings. The molecule has 4 nitrogen and oxygen atoms in total. The lowest BCUT2D eigenvalue weighted by Crippen LogP contribution is -2.34. The Labute approximate surface area is 111 Å². The molecule has 18 heavy (non-hydrogen) atoms. The fourth-order valence-electron chi connectivity index (χ4n) is 1.88. The topological polar surface area (TPSA) is 49.4 Å². The van der Waals surface area contributed by atoms with E-state index in [1.165, 1.54) is 10.4 Å². The van der Waals surface area contributed by atoms with Crippen LogP contribution in [-0.2, 0) is 10.0 Å². The van der Waals surface area contributed by atoms with Gasteiger partial charge in [-0.1, -0.05) is 11.6 Å². The molecule has 1 saturated heterocycles. The van der Waals surface area contributed by atoms with Crippen LogP contribution in [0.4, 0.5) is 4.39 Å². The molecule has 0 aromatic heterocycles. The molecule has 1 aromatic rings. The van der Waals surface area contributed by atoms with Crippen molar-refractivity contribution in [3.05, 3.63) is 29.0 Å². The number of hydrogen-bond donors (Lipinski definition) is 1. The molecule has 1 N–H and O–H groups in total. The minimum atomic E-state index is -3.64. The number of hydrogen-bond acceptors (Lipinski definition) is 3. The van der Waals surface area contributed by atoms with E-state index < -0.39 is 15.8 Å². The van der Waals surface area contributed by atoms with Crippen LogP contribution in [0.5, 0.6) is 0 Å². The summed E-state index contributed by atoms with van der Waals surface area (Å²) in [6, 6.07) is 3.34. The Bertz CT molecular complexity index is 528. The van der Waals surface area contributed by atoms with Crippen molar-refractivity contribution in [3.63, 3.8) is 0 Å². The molecule has 0 aliphatic carbocycles. The van der Waals surface area contributed by atoms with Crippen molar-refractivity contribution in [1.29, 1.82) is 0 Å². The van der Waals surface area contributed by atoms with Crippen molar-refractivity contribution in [3.8, 4) is 0 Å². The van der Waals surface area contributed by atoms with Gasteiger partial charge in [-0.3, -0.25) is 0 Å². The number of halogens is 2. The largest absolute Gasteiger partial charge is 0.315 e. The maximum absolute atomic E-state index is 12.9. The van der Waals surface area contributed by atoms with Crippen LogP contribution >= 0.6 is 11.6 Å². The fraction of sp³-hybridized carbons (Fsp3) is 0.455. The van der Waals surface area contributed by atoms with E-state index in [-0.39, 0.29) is 9.92 Å². The van der Waals surface area contributed by atoms with Crippen molar-refractivity contribution in [1.82, 2.24) is 9.62 Å². The molecular weight excluding hydrogens is 279 g/mol. The van der Waals surface area contributed by atoms with Crippen molar-refractivity contribution in [2.45, 2.75) is 11.3 Å². The van der Waals surface area contributed by atoms with E-state index in [0.717, 1.165) is 25.1 Å². The molecule has 100 valence electrons. The van der Waals surface area contributed by atoms with E-state index in [1.54, 1.807) is 0 Å². The van der Waals surface area contributed by atoms with E-state index in [2.05, 4.69) is 5.32 Å². The minimum Gasteiger partial charge on any atom is -0.315 e. The minimum absolute atomic E-state index is 0.0348. The van der Waals surface area contributed by atoms with Crippen molar-refractivity contribution < 1.29 is 12.8 Å². The molecule has 1 fully saturated rings. The highest BCUT2D eigenvalue weighted by Gasteiger charge is 2.27. The van der Waals surface area contributed by atoms with E-state index in [4.69, 9.17) is 11.6 Å². The summed E-state index contributed by atoms with van der Waals surface area (Å²) in [6.45, 7) is 2.25. The number of rotatable bonds is 2. The summed E-state index contributed by atoms with van der Waals surface area (Å²) in [4.78, 5) is -0.0348. The number of nitrogens with zero attached hydrogens (tertiary/aromatic N) is 1. The maximum atomic E-state index is 12.9. The van der Waals surface area contributed by atoms with Crippen LogP contribution < -0.4 is 5.32 Å². The number of sulfonamides is 1. The van der Waals surface area contributed by atoms with Crippen LogP contribution in [0.2, 0.25) is 5.02 Å². The Morgan fingerprint density at radius 1 is 1.28 bits per heavy atom. The van der Waals surface area contributed by atoms with Crippen molar-refractivity contribution in [2.75, 3.05) is 26.2 Å². The Morgan fingerprint density at radius 3 is 2.78 bits per heavy atom. The molecule has 0 spiro atoms. The molecule has 0 unspecified atom stereocenters. The molecule has 1 heterocycles. The highest BCUT2D eigenvalue weighted by molar-refractivity contribution is 7.89. The number of benzene rings is 1. The van der Waals surface area contributed by atoms with Crippen LogP contribution in [0, 0.1) is 5.82 Å². The summed E-state index contributed by atoms with van der Waals surface area (Å²) in [5, 5.41) is 3.05. The highest BCUT2D eigenvalue weighted by Crippen LogP contribution is 2.25. The van der Waals surface area contributed by atoms with Gasteiger partial charge in [0, 0.05) is 19.6 Å². The van der Waals surface area contributed by atoms with Gasteiger partial charge in [0.1, 0.15) is 10.7 Å². The van der Waals surface area contributed by atoms with E-state index in [1.807, 2.05) is 0 Å². The second-order valence-electron chi connectivity index (χ2n) is 4.08. The quantitative estimate of drug-likeness (QED) is 0.898. The van der Waals surface area contributed by atoms with Gasteiger partial charge in [-0.25, -0.2) is 12.8 Å². The standard InChI is InChI=1S/C11H14ClFN2O2S/c12-10-8-9(13)2-3-11(10)18(16,17)15-6-1-4-14-5-7-15/h2-3,8,14H,1,4-7H2. The lowest BCUT2D eigenvalue weighted by atomic mass is 10.3. The molecular formula is C11H14ClFN2O2S. The van der Waals surface area contributed by atoms with Gasteiger partial charge >= 0.3 is 0 Å². The van der Waals surface area contributed by atoms with Gasteiger partial charge in [-0.05, 0) is 31.2 Å². The SMILES string of the molecule is O=S(=O)(c1ccc(F)cc1Cl)N1CCCNCC1. The first-order valence-corrected chi connectivity index (χ1v) is 7.49. The third-order valence-corrected chi connectivity index (χ3v) is 5.19. The van der Waals surface area contributed by atoms with Crippen LogP contribution in [0.25, 0.3) is 0 Å². The van der Waals surface area contributed by atoms with Crippen molar-refractivity contribution in [2.24, 2.45) is 0 Å². The zero-order valence-electron chi connectivity index (χ0n) is 9.70. The van der Waals surface area contributed by atoms with Gasteiger partial charge < -0.3 is 5.32 Å². The van der Waals surface area contributed by atoms with Gasteiger partial charge in [-0.15, -0.1) is 0 Å². The molecule has 0 saturated carbocycles. The van der Waals surface area contributed by atoms with Gasteiger partial charge in [0.15, 0.2) is 0 Å². The first-order valence-electron chi connectivity index (χ1n) is 5.68. The first kappa shape index (κ1) is 13.7. The molecule has 0 amide bonds. The molecule has 1 aliphatic heterocycles. The van der Waals surface area contributed by atoms with E-state index >= 15 is 0 Å². The van der Waals surface area contributed by atoms with Gasteiger partial charge in [-0.2, -0.15) is 4.31 Å². The molecule has 0 atom stereocenters. The average molecular weight is 293 g/mol. The van der Waals surface area contributed by atoms with E-state index in [9.17, 15) is 12.8 Å². The second kappa shape index (κ2) is 5.52. The highest BCUT2D eigenvalue weighted by atomic mass is 35.5. The first-order chi connectivity index (χ1) is 8.51. The normalized spacial score (nSPS) is 18.6. The molecule has 7 heteroatoms. The summed E-state index contributed by atoms with van der Waals surface area (Å²) in [6.07, 6.45) is 0.748. The Hall–Kier alpha value is -0.690. The van der Waals surface area contributed by atoms with E-state index in [0.29, 0.717) is 19.6 Å². The lowest BCUT2D eigenvalue weighted by molar-refractivity contribution is 0.432. The predicted octanol–water partition coefficient (Wildman–Crippen LogP) is 1.46. The Kier molecular flexibility index (Phi) is 4.21. The summed E-state index contributed by atoms with van der Waals surface area (Å²) in [5.74, 6) is -0.545. The molecule has 0 radical (unpaired) electrons. The van der Waals surface area contributed by atoms with Gasteiger partial charge in [0.2, 0.25) is 10.0 Å². The molecule has 0 bridgehead atoms. The van der Waals surface area contributed by atoms with Crippen LogP contribution in [-0.4, -0.2) is 38.9 Å². The van der Waals surface area contributed by atoms with Gasteiger partial charge in [0.25, 0.3) is 0 Å². The van der Waals surface area contributed by atoms with Gasteiger partial charge in [0.05, 0.1) is 5.02 Å². The smallest absolute Gasteiger partial charge is 0.244 e. The predicted molar refractivity (Wildman–Crippen MR) is 67.7 cm³/mol. The second-order valence-corrected chi connectivity index (χ2v) is 6.40. The lowest BCUT2D eigenvalue weighted by Gasteiger charge is -2.20. The van der Waals surface area contributed by atoms with Crippen molar-refractivity contribution >= 4 is 21.6 Å². The maximum Gasteiger partial charge on any atom is 0.244 e. The zero-order chi connectivity index (χ0) is 13.2. The summed E-state index contributed by atoms with van der Waals surface area (Å²) < 4.78 is 39.0. The summed E-state index contributed by atoms with van der Waals surface area (Å²) >= 11 is 5.81. The molecule has 2 rings (SSSR count). The van der Waals surface area contributed by atoms with Crippen LogP contribution in [0.1, 0.15) is 6.42 Å². The third-order valence-electron chi connectivity index (χ3n) is 2.81. The summed E-state index contributed by atoms with van der Waals surface area (Å²) in [5.41, 5.74) is 0. The number of nitrogens with one attached hydrogen (secondary N) is 1. The van der Waals surface area contributed by atoms with Crippen LogP contribution in [0.3, 0.4) is 0 Å². The molecule has 1 aromatic carbocycles. The third kappa shape index (κ3) is 2.83. The average Bonchev–Trinajstić information content (AvgIpc) is 2.57.